The van der Waals surface area contributed by atoms with Crippen molar-refractivity contribution in [3.8, 4) is 0 Å². The quantitative estimate of drug-likeness (QED) is 0.235. The van der Waals surface area contributed by atoms with Crippen molar-refractivity contribution in [3.63, 3.8) is 0 Å². The molecule has 32 heavy (non-hydrogen) atoms. The molecule has 5 heteroatoms. The molecule has 4 fully saturated rings. The Morgan fingerprint density at radius 1 is 1.09 bits per heavy atom. The predicted octanol–water partition coefficient (Wildman–Crippen LogP) is 7.29. The highest BCUT2D eigenvalue weighted by molar-refractivity contribution is 6.26. The van der Waals surface area contributed by atoms with Crippen molar-refractivity contribution < 1.29 is 9.72 Å². The molecule has 4 aliphatic carbocycles. The molecular formula is C27H44ClNO3. The minimum atomic E-state index is -1.01. The standard InChI is InChI=1S/C27H44ClNO3/c1-17(2)7-6-8-18(3)21-9-10-22-20-15-24(29(31)32)27(28)16-19(30)11-14-26(27,5)23(20)12-13-25(21,22)4/h17-18,20-24H,6-16H2,1-5H3/t18-,20?,21?,22?,23?,24?,25?,26?,27+/m1/s1. The van der Waals surface area contributed by atoms with Crippen LogP contribution in [0.5, 0.6) is 0 Å². The Balaban J connectivity index is 1.59. The average Bonchev–Trinajstić information content (AvgIpc) is 3.05. The molecule has 0 aromatic carbocycles. The van der Waals surface area contributed by atoms with Crippen molar-refractivity contribution in [1.29, 1.82) is 0 Å². The first kappa shape index (κ1) is 24.5. The Kier molecular flexibility index (Phi) is 6.53. The number of carbonyl (C=O) groups excluding carboxylic acids is 1. The second kappa shape index (κ2) is 8.54. The van der Waals surface area contributed by atoms with Gasteiger partial charge in [0.05, 0.1) is 0 Å². The van der Waals surface area contributed by atoms with Crippen LogP contribution in [0.3, 0.4) is 0 Å². The van der Waals surface area contributed by atoms with Crippen LogP contribution in [0.25, 0.3) is 0 Å². The van der Waals surface area contributed by atoms with Crippen molar-refractivity contribution >= 4 is 17.4 Å². The van der Waals surface area contributed by atoms with Crippen LogP contribution in [-0.4, -0.2) is 21.6 Å². The van der Waals surface area contributed by atoms with Crippen LogP contribution < -0.4 is 0 Å². The van der Waals surface area contributed by atoms with Crippen molar-refractivity contribution in [2.45, 2.75) is 116 Å². The van der Waals surface area contributed by atoms with Gasteiger partial charge in [0, 0.05) is 24.2 Å². The van der Waals surface area contributed by atoms with Gasteiger partial charge >= 0.3 is 0 Å². The number of nitrogens with zero attached hydrogens (tertiary/aromatic N) is 1. The van der Waals surface area contributed by atoms with Gasteiger partial charge in [-0.2, -0.15) is 0 Å². The van der Waals surface area contributed by atoms with E-state index in [1.54, 1.807) is 0 Å². The van der Waals surface area contributed by atoms with Crippen LogP contribution in [0.4, 0.5) is 0 Å². The third kappa shape index (κ3) is 3.66. The van der Waals surface area contributed by atoms with Crippen molar-refractivity contribution in [1.82, 2.24) is 0 Å². The van der Waals surface area contributed by atoms with Crippen LogP contribution in [0.15, 0.2) is 0 Å². The van der Waals surface area contributed by atoms with Gasteiger partial charge in [-0.3, -0.25) is 14.9 Å². The molecule has 0 N–H and O–H groups in total. The summed E-state index contributed by atoms with van der Waals surface area (Å²) < 4.78 is 0. The molecule has 4 saturated carbocycles. The number of hydrogen-bond donors (Lipinski definition) is 0. The molecule has 0 spiro atoms. The first-order valence-corrected chi connectivity index (χ1v) is 13.7. The summed E-state index contributed by atoms with van der Waals surface area (Å²) in [5.74, 6) is 3.70. The van der Waals surface area contributed by atoms with E-state index in [4.69, 9.17) is 11.6 Å². The number of carbonyl (C=O) groups is 1. The monoisotopic (exact) mass is 465 g/mol. The maximum absolute atomic E-state index is 12.4. The van der Waals surface area contributed by atoms with Crippen LogP contribution in [0.1, 0.15) is 105 Å². The molecule has 9 atom stereocenters. The number of halogens is 1. The average molecular weight is 466 g/mol. The molecule has 4 rings (SSSR count). The third-order valence-electron chi connectivity index (χ3n) is 11.1. The fourth-order valence-corrected chi connectivity index (χ4v) is 9.86. The van der Waals surface area contributed by atoms with Gasteiger partial charge in [0.15, 0.2) is 0 Å². The van der Waals surface area contributed by atoms with Gasteiger partial charge in [0.1, 0.15) is 10.7 Å². The maximum Gasteiger partial charge on any atom is 0.233 e. The maximum atomic E-state index is 12.4. The Morgan fingerprint density at radius 3 is 2.47 bits per heavy atom. The highest BCUT2D eigenvalue weighted by Gasteiger charge is 2.70. The summed E-state index contributed by atoms with van der Waals surface area (Å²) in [5.41, 5.74) is -0.0157. The zero-order chi connectivity index (χ0) is 23.5. The summed E-state index contributed by atoms with van der Waals surface area (Å²) >= 11 is 7.17. The van der Waals surface area contributed by atoms with Gasteiger partial charge in [0.2, 0.25) is 6.04 Å². The topological polar surface area (TPSA) is 60.2 Å². The number of alkyl halides is 1. The lowest BCUT2D eigenvalue weighted by Gasteiger charge is -2.63. The molecule has 7 unspecified atom stereocenters. The van der Waals surface area contributed by atoms with E-state index in [-0.39, 0.29) is 22.5 Å². The number of rotatable bonds is 6. The molecule has 0 aromatic heterocycles. The van der Waals surface area contributed by atoms with Gasteiger partial charge in [-0.05, 0) is 78.4 Å². The van der Waals surface area contributed by atoms with Crippen LogP contribution in [0.2, 0.25) is 0 Å². The van der Waals surface area contributed by atoms with Crippen LogP contribution in [-0.2, 0) is 4.79 Å². The fraction of sp³-hybridized carbons (Fsp3) is 0.963. The van der Waals surface area contributed by atoms with E-state index in [0.717, 1.165) is 30.6 Å². The van der Waals surface area contributed by atoms with E-state index in [0.29, 0.717) is 36.0 Å². The van der Waals surface area contributed by atoms with E-state index in [9.17, 15) is 14.9 Å². The highest BCUT2D eigenvalue weighted by Crippen LogP contribution is 2.70. The summed E-state index contributed by atoms with van der Waals surface area (Å²) in [6.07, 6.45) is 10.8. The van der Waals surface area contributed by atoms with E-state index in [1.165, 1.54) is 38.5 Å². The summed E-state index contributed by atoms with van der Waals surface area (Å²) in [7, 11) is 0. The number of fused-ring (bicyclic) bond motifs is 5. The number of ketones is 1. The largest absolute Gasteiger partial charge is 0.300 e. The van der Waals surface area contributed by atoms with Crippen molar-refractivity contribution in [2.24, 2.45) is 46.3 Å². The smallest absolute Gasteiger partial charge is 0.233 e. The SMILES string of the molecule is CC(C)CCC[C@@H](C)C1CCC2C3CC([N+](=O)[O-])[C@@]4(Cl)CC(=O)CCC4(C)C3CCC21C. The van der Waals surface area contributed by atoms with Gasteiger partial charge in [-0.15, -0.1) is 11.6 Å². The molecule has 0 bridgehead atoms. The molecule has 4 aliphatic rings. The van der Waals surface area contributed by atoms with E-state index in [1.807, 2.05) is 0 Å². The summed E-state index contributed by atoms with van der Waals surface area (Å²) in [5, 5.41) is 12.3. The number of hydrogen-bond acceptors (Lipinski definition) is 3. The predicted molar refractivity (Wildman–Crippen MR) is 129 cm³/mol. The second-order valence-corrected chi connectivity index (χ2v) is 13.6. The Bertz CT molecular complexity index is 755. The lowest BCUT2D eigenvalue weighted by molar-refractivity contribution is -0.542. The van der Waals surface area contributed by atoms with Crippen LogP contribution in [0, 0.1) is 56.5 Å². The zero-order valence-electron chi connectivity index (χ0n) is 20.9. The lowest BCUT2D eigenvalue weighted by Crippen LogP contribution is -2.67. The molecule has 0 aromatic rings. The Morgan fingerprint density at radius 2 is 1.81 bits per heavy atom. The Labute approximate surface area is 199 Å². The summed E-state index contributed by atoms with van der Waals surface area (Å²) in [6, 6.07) is -0.801. The molecule has 0 amide bonds. The van der Waals surface area contributed by atoms with Crippen LogP contribution >= 0.6 is 11.6 Å². The van der Waals surface area contributed by atoms with E-state index in [2.05, 4.69) is 34.6 Å². The summed E-state index contributed by atoms with van der Waals surface area (Å²) in [4.78, 5) is 23.5. The highest BCUT2D eigenvalue weighted by atomic mass is 35.5. The van der Waals surface area contributed by atoms with Gasteiger partial charge in [0.25, 0.3) is 0 Å². The lowest BCUT2D eigenvalue weighted by atomic mass is 9.43. The third-order valence-corrected chi connectivity index (χ3v) is 11.9. The van der Waals surface area contributed by atoms with Crippen molar-refractivity contribution in [3.05, 3.63) is 10.1 Å². The van der Waals surface area contributed by atoms with Gasteiger partial charge < -0.3 is 0 Å². The molecule has 182 valence electrons. The molecule has 0 aliphatic heterocycles. The molecular weight excluding hydrogens is 422 g/mol. The van der Waals surface area contributed by atoms with Gasteiger partial charge in [-0.25, -0.2) is 0 Å². The number of Topliss-reactive ketones (excluding diaryl/α,β-unsaturated/α-hetero) is 1. The minimum Gasteiger partial charge on any atom is -0.300 e. The second-order valence-electron chi connectivity index (χ2n) is 12.9. The van der Waals surface area contributed by atoms with E-state index >= 15 is 0 Å². The molecule has 0 saturated heterocycles. The molecule has 0 heterocycles. The summed E-state index contributed by atoms with van der Waals surface area (Å²) in [6.45, 7) is 11.8. The van der Waals surface area contributed by atoms with Crippen molar-refractivity contribution in [2.75, 3.05) is 0 Å². The molecule has 0 radical (unpaired) electrons. The number of nitro groups is 1. The van der Waals surface area contributed by atoms with E-state index < -0.39 is 10.9 Å². The fourth-order valence-electron chi connectivity index (χ4n) is 9.31. The first-order valence-electron chi connectivity index (χ1n) is 13.3. The first-order chi connectivity index (χ1) is 14.9. The Hall–Kier alpha value is -0.640. The zero-order valence-corrected chi connectivity index (χ0v) is 21.6. The normalized spacial score (nSPS) is 47.0. The molecule has 4 nitrogen and oxygen atoms in total. The minimum absolute atomic E-state index is 0.111. The van der Waals surface area contributed by atoms with Gasteiger partial charge in [-0.1, -0.05) is 53.9 Å².